The predicted molar refractivity (Wildman–Crippen MR) is 68.4 cm³/mol. The molecule has 88 valence electrons. The maximum atomic E-state index is 5.70. The van der Waals surface area contributed by atoms with Crippen LogP contribution >= 0.6 is 0 Å². The van der Waals surface area contributed by atoms with Crippen molar-refractivity contribution in [3.8, 4) is 0 Å². The summed E-state index contributed by atoms with van der Waals surface area (Å²) < 4.78 is 0. The van der Waals surface area contributed by atoms with Crippen LogP contribution in [0.15, 0.2) is 18.2 Å². The molecule has 1 saturated heterocycles. The van der Waals surface area contributed by atoms with Crippen molar-refractivity contribution < 1.29 is 0 Å². The van der Waals surface area contributed by atoms with E-state index in [4.69, 9.17) is 5.73 Å². The van der Waals surface area contributed by atoms with Crippen LogP contribution in [-0.4, -0.2) is 13.1 Å². The van der Waals surface area contributed by atoms with Crippen molar-refractivity contribution in [3.63, 3.8) is 0 Å². The number of nitrogens with two attached hydrogens (primary N) is 1. The van der Waals surface area contributed by atoms with Crippen LogP contribution in [0.1, 0.15) is 35.6 Å². The second-order valence-corrected chi connectivity index (χ2v) is 5.00. The second-order valence-electron chi connectivity index (χ2n) is 5.00. The molecule has 0 aromatic heterocycles. The predicted octanol–water partition coefficient (Wildman–Crippen LogP) is 2.30. The third-order valence-corrected chi connectivity index (χ3v) is 3.65. The summed E-state index contributed by atoms with van der Waals surface area (Å²) >= 11 is 0. The highest BCUT2D eigenvalue weighted by molar-refractivity contribution is 5.33. The number of rotatable bonds is 2. The summed E-state index contributed by atoms with van der Waals surface area (Å²) in [7, 11) is 0. The smallest absolute Gasteiger partial charge is 0.0323 e. The van der Waals surface area contributed by atoms with E-state index in [1.807, 2.05) is 0 Å². The largest absolute Gasteiger partial charge is 0.330 e. The Morgan fingerprint density at radius 1 is 1.31 bits per heavy atom. The Labute approximate surface area is 98.2 Å². The molecule has 0 aliphatic carbocycles. The number of hydrogen-bond donors (Lipinski definition) is 2. The molecule has 0 spiro atoms. The van der Waals surface area contributed by atoms with E-state index in [-0.39, 0.29) is 0 Å². The number of aryl methyl sites for hydroxylation is 2. The molecule has 1 aromatic rings. The van der Waals surface area contributed by atoms with E-state index >= 15 is 0 Å². The zero-order valence-corrected chi connectivity index (χ0v) is 10.3. The van der Waals surface area contributed by atoms with E-state index in [2.05, 4.69) is 37.4 Å². The van der Waals surface area contributed by atoms with Gasteiger partial charge in [-0.3, -0.25) is 0 Å². The highest BCUT2D eigenvalue weighted by Gasteiger charge is 2.21. The van der Waals surface area contributed by atoms with Crippen molar-refractivity contribution >= 4 is 0 Å². The Bertz CT molecular complexity index is 352. The van der Waals surface area contributed by atoms with E-state index in [0.29, 0.717) is 12.0 Å². The molecule has 1 aliphatic heterocycles. The minimum atomic E-state index is 0.531. The van der Waals surface area contributed by atoms with Crippen molar-refractivity contribution in [2.24, 2.45) is 11.7 Å². The molecule has 2 atom stereocenters. The maximum absolute atomic E-state index is 5.70. The summed E-state index contributed by atoms with van der Waals surface area (Å²) in [5, 5.41) is 3.62. The number of benzene rings is 1. The molecule has 16 heavy (non-hydrogen) atoms. The van der Waals surface area contributed by atoms with E-state index in [9.17, 15) is 0 Å². The van der Waals surface area contributed by atoms with Crippen molar-refractivity contribution in [3.05, 3.63) is 34.9 Å². The van der Waals surface area contributed by atoms with E-state index in [0.717, 1.165) is 13.1 Å². The van der Waals surface area contributed by atoms with Gasteiger partial charge < -0.3 is 11.1 Å². The Hall–Kier alpha value is -0.860. The summed E-state index contributed by atoms with van der Waals surface area (Å²) in [4.78, 5) is 0. The van der Waals surface area contributed by atoms with Gasteiger partial charge in [-0.25, -0.2) is 0 Å². The standard InChI is InChI=1S/C14H22N2/c1-10-3-5-13(11(2)7-10)14-6-4-12(8-15)9-16-14/h3,5,7,12,14,16H,4,6,8-9,15H2,1-2H3. The third kappa shape index (κ3) is 2.45. The quantitative estimate of drug-likeness (QED) is 0.799. The second kappa shape index (κ2) is 4.98. The summed E-state index contributed by atoms with van der Waals surface area (Å²) in [6.07, 6.45) is 2.47. The van der Waals surface area contributed by atoms with Crippen molar-refractivity contribution in [2.75, 3.05) is 13.1 Å². The number of hydrogen-bond acceptors (Lipinski definition) is 2. The molecule has 0 saturated carbocycles. The summed E-state index contributed by atoms with van der Waals surface area (Å²) in [6, 6.07) is 7.28. The van der Waals surface area contributed by atoms with Crippen LogP contribution in [0.3, 0.4) is 0 Å². The first-order valence-electron chi connectivity index (χ1n) is 6.21. The molecule has 0 amide bonds. The van der Waals surface area contributed by atoms with Crippen molar-refractivity contribution in [1.82, 2.24) is 5.32 Å². The zero-order chi connectivity index (χ0) is 11.5. The SMILES string of the molecule is Cc1ccc(C2CCC(CN)CN2)c(C)c1. The molecule has 1 heterocycles. The van der Waals surface area contributed by atoms with Gasteiger partial charge in [0, 0.05) is 6.04 Å². The Kier molecular flexibility index (Phi) is 3.62. The summed E-state index contributed by atoms with van der Waals surface area (Å²) in [5.74, 6) is 0.669. The van der Waals surface area contributed by atoms with Gasteiger partial charge in [0.15, 0.2) is 0 Å². The molecule has 0 radical (unpaired) electrons. The average Bonchev–Trinajstić information content (AvgIpc) is 2.29. The van der Waals surface area contributed by atoms with Crippen LogP contribution < -0.4 is 11.1 Å². The third-order valence-electron chi connectivity index (χ3n) is 3.65. The molecule has 1 aromatic carbocycles. The van der Waals surface area contributed by atoms with Gasteiger partial charge in [-0.1, -0.05) is 23.8 Å². The van der Waals surface area contributed by atoms with Crippen LogP contribution in [0, 0.1) is 19.8 Å². The van der Waals surface area contributed by atoms with Gasteiger partial charge in [-0.2, -0.15) is 0 Å². The maximum Gasteiger partial charge on any atom is 0.0323 e. The molecule has 2 heteroatoms. The molecule has 1 fully saturated rings. The lowest BCUT2D eigenvalue weighted by Gasteiger charge is -2.30. The van der Waals surface area contributed by atoms with Crippen molar-refractivity contribution in [2.45, 2.75) is 32.7 Å². The van der Waals surface area contributed by atoms with Gasteiger partial charge in [-0.15, -0.1) is 0 Å². The highest BCUT2D eigenvalue weighted by atomic mass is 14.9. The first-order chi connectivity index (χ1) is 7.70. The molecule has 2 rings (SSSR count). The number of piperidine rings is 1. The average molecular weight is 218 g/mol. The first-order valence-corrected chi connectivity index (χ1v) is 6.21. The minimum absolute atomic E-state index is 0.531. The van der Waals surface area contributed by atoms with Gasteiger partial charge in [0.2, 0.25) is 0 Å². The van der Waals surface area contributed by atoms with Crippen molar-refractivity contribution in [1.29, 1.82) is 0 Å². The van der Waals surface area contributed by atoms with Gasteiger partial charge in [0.25, 0.3) is 0 Å². The lowest BCUT2D eigenvalue weighted by Crippen LogP contribution is -2.36. The lowest BCUT2D eigenvalue weighted by atomic mass is 9.89. The van der Waals surface area contributed by atoms with Crippen LogP contribution in [0.4, 0.5) is 0 Å². The van der Waals surface area contributed by atoms with Crippen LogP contribution in [0.25, 0.3) is 0 Å². The fourth-order valence-electron chi connectivity index (χ4n) is 2.60. The van der Waals surface area contributed by atoms with Gasteiger partial charge in [0.05, 0.1) is 0 Å². The lowest BCUT2D eigenvalue weighted by molar-refractivity contribution is 0.319. The molecule has 3 N–H and O–H groups in total. The monoisotopic (exact) mass is 218 g/mol. The fraction of sp³-hybridized carbons (Fsp3) is 0.571. The molecule has 2 unspecified atom stereocenters. The van der Waals surface area contributed by atoms with Crippen LogP contribution in [-0.2, 0) is 0 Å². The fourth-order valence-corrected chi connectivity index (χ4v) is 2.60. The van der Waals surface area contributed by atoms with Crippen LogP contribution in [0.5, 0.6) is 0 Å². The Morgan fingerprint density at radius 3 is 2.69 bits per heavy atom. The Balaban J connectivity index is 2.08. The molecule has 2 nitrogen and oxygen atoms in total. The minimum Gasteiger partial charge on any atom is -0.330 e. The summed E-state index contributed by atoms with van der Waals surface area (Å²) in [5.41, 5.74) is 9.91. The Morgan fingerprint density at radius 2 is 2.12 bits per heavy atom. The molecule has 1 aliphatic rings. The molecule has 0 bridgehead atoms. The van der Waals surface area contributed by atoms with E-state index < -0.39 is 0 Å². The van der Waals surface area contributed by atoms with E-state index in [1.165, 1.54) is 29.5 Å². The normalized spacial score (nSPS) is 25.7. The number of nitrogens with one attached hydrogen (secondary N) is 1. The van der Waals surface area contributed by atoms with E-state index in [1.54, 1.807) is 0 Å². The zero-order valence-electron chi connectivity index (χ0n) is 10.3. The summed E-state index contributed by atoms with van der Waals surface area (Å²) in [6.45, 7) is 6.23. The molecular weight excluding hydrogens is 196 g/mol. The van der Waals surface area contributed by atoms with Gasteiger partial charge >= 0.3 is 0 Å². The first kappa shape index (κ1) is 11.6. The topological polar surface area (TPSA) is 38.0 Å². The van der Waals surface area contributed by atoms with Crippen LogP contribution in [0.2, 0.25) is 0 Å². The van der Waals surface area contributed by atoms with Gasteiger partial charge in [-0.05, 0) is 56.8 Å². The van der Waals surface area contributed by atoms with Gasteiger partial charge in [0.1, 0.15) is 0 Å². The molecular formula is C14H22N2. The highest BCUT2D eigenvalue weighted by Crippen LogP contribution is 2.27.